The Balaban J connectivity index is 2.39. The molecule has 0 aromatic rings. The van der Waals surface area contributed by atoms with Crippen LogP contribution in [-0.4, -0.2) is 44.0 Å². The van der Waals surface area contributed by atoms with Crippen LogP contribution < -0.4 is 5.32 Å². The average Bonchev–Trinajstić information content (AvgIpc) is 2.44. The summed E-state index contributed by atoms with van der Waals surface area (Å²) >= 11 is 0. The molecular weight excluding hydrogens is 198 g/mol. The molecule has 2 nitrogen and oxygen atoms in total. The molecule has 1 heterocycles. The Bertz CT molecular complexity index is 195. The summed E-state index contributed by atoms with van der Waals surface area (Å²) in [5, 5.41) is 3.13. The van der Waals surface area contributed by atoms with Gasteiger partial charge in [0.05, 0.1) is 6.54 Å². The minimum absolute atomic E-state index is 0.0252. The molecule has 1 saturated heterocycles. The second-order valence-electron chi connectivity index (χ2n) is 4.90. The van der Waals surface area contributed by atoms with E-state index in [-0.39, 0.29) is 13.0 Å². The van der Waals surface area contributed by atoms with E-state index < -0.39 is 5.92 Å². The van der Waals surface area contributed by atoms with Crippen LogP contribution in [0.15, 0.2) is 0 Å². The second kappa shape index (κ2) is 5.21. The fraction of sp³-hybridized carbons (Fsp3) is 1.00. The van der Waals surface area contributed by atoms with E-state index in [9.17, 15) is 8.78 Å². The van der Waals surface area contributed by atoms with E-state index in [0.717, 1.165) is 13.1 Å². The van der Waals surface area contributed by atoms with E-state index >= 15 is 0 Å². The predicted molar refractivity (Wildman–Crippen MR) is 58.3 cm³/mol. The van der Waals surface area contributed by atoms with E-state index in [1.54, 1.807) is 0 Å². The van der Waals surface area contributed by atoms with Gasteiger partial charge in [-0.05, 0) is 25.4 Å². The third-order valence-corrected chi connectivity index (χ3v) is 3.15. The van der Waals surface area contributed by atoms with Gasteiger partial charge in [0.2, 0.25) is 0 Å². The van der Waals surface area contributed by atoms with Crippen LogP contribution in [0.25, 0.3) is 0 Å². The molecular formula is C11H22F2N2. The molecule has 0 amide bonds. The standard InChI is InChI=1S/C11H22F2N2/c1-9(2)10(6-14-3)7-15-5-4-11(12,13)8-15/h9-10,14H,4-8H2,1-3H3. The summed E-state index contributed by atoms with van der Waals surface area (Å²) in [6.45, 7) is 6.47. The molecule has 90 valence electrons. The topological polar surface area (TPSA) is 15.3 Å². The molecule has 1 fully saturated rings. The normalized spacial score (nSPS) is 23.6. The third kappa shape index (κ3) is 4.03. The van der Waals surface area contributed by atoms with Crippen molar-refractivity contribution in [2.45, 2.75) is 26.2 Å². The van der Waals surface area contributed by atoms with Crippen molar-refractivity contribution in [2.75, 3.05) is 33.2 Å². The molecule has 0 radical (unpaired) electrons. The number of rotatable bonds is 5. The number of halogens is 2. The summed E-state index contributed by atoms with van der Waals surface area (Å²) in [6.07, 6.45) is 0.0252. The molecule has 15 heavy (non-hydrogen) atoms. The van der Waals surface area contributed by atoms with Gasteiger partial charge < -0.3 is 5.32 Å². The zero-order chi connectivity index (χ0) is 11.5. The fourth-order valence-corrected chi connectivity index (χ4v) is 2.07. The van der Waals surface area contributed by atoms with E-state index in [4.69, 9.17) is 0 Å². The number of hydrogen-bond acceptors (Lipinski definition) is 2. The molecule has 0 aromatic heterocycles. The van der Waals surface area contributed by atoms with Gasteiger partial charge in [-0.3, -0.25) is 4.90 Å². The van der Waals surface area contributed by atoms with Crippen molar-refractivity contribution < 1.29 is 8.78 Å². The lowest BCUT2D eigenvalue weighted by molar-refractivity contribution is 0.0102. The molecule has 0 bridgehead atoms. The molecule has 0 aromatic carbocycles. The van der Waals surface area contributed by atoms with Gasteiger partial charge in [0.25, 0.3) is 5.92 Å². The smallest absolute Gasteiger partial charge is 0.261 e. The molecule has 1 aliphatic heterocycles. The van der Waals surface area contributed by atoms with Crippen molar-refractivity contribution in [1.82, 2.24) is 10.2 Å². The summed E-state index contributed by atoms with van der Waals surface area (Å²) in [5.74, 6) is -1.46. The molecule has 1 N–H and O–H groups in total. The van der Waals surface area contributed by atoms with Crippen LogP contribution in [-0.2, 0) is 0 Å². The zero-order valence-electron chi connectivity index (χ0n) is 9.89. The van der Waals surface area contributed by atoms with Gasteiger partial charge in [0.15, 0.2) is 0 Å². The van der Waals surface area contributed by atoms with Crippen molar-refractivity contribution >= 4 is 0 Å². The molecule has 0 aliphatic carbocycles. The van der Waals surface area contributed by atoms with Gasteiger partial charge in [0.1, 0.15) is 0 Å². The first-order valence-corrected chi connectivity index (χ1v) is 5.69. The summed E-state index contributed by atoms with van der Waals surface area (Å²) in [6, 6.07) is 0. The molecule has 1 aliphatic rings. The highest BCUT2D eigenvalue weighted by Gasteiger charge is 2.38. The Labute approximate surface area is 91.0 Å². The van der Waals surface area contributed by atoms with E-state index in [0.29, 0.717) is 18.4 Å². The summed E-state index contributed by atoms with van der Waals surface area (Å²) in [5.41, 5.74) is 0. The lowest BCUT2D eigenvalue weighted by atomic mass is 9.95. The fourth-order valence-electron chi connectivity index (χ4n) is 2.07. The van der Waals surface area contributed by atoms with Gasteiger partial charge >= 0.3 is 0 Å². The molecule has 1 unspecified atom stereocenters. The molecule has 4 heteroatoms. The largest absolute Gasteiger partial charge is 0.319 e. The maximum atomic E-state index is 13.0. The Kier molecular flexibility index (Phi) is 4.46. The van der Waals surface area contributed by atoms with Crippen LogP contribution in [0.5, 0.6) is 0 Å². The highest BCUT2D eigenvalue weighted by atomic mass is 19.3. The Morgan fingerprint density at radius 2 is 2.07 bits per heavy atom. The lowest BCUT2D eigenvalue weighted by Gasteiger charge is -2.26. The van der Waals surface area contributed by atoms with Crippen LogP contribution in [0.2, 0.25) is 0 Å². The summed E-state index contributed by atoms with van der Waals surface area (Å²) in [7, 11) is 1.91. The van der Waals surface area contributed by atoms with Crippen LogP contribution in [0.3, 0.4) is 0 Å². The summed E-state index contributed by atoms with van der Waals surface area (Å²) < 4.78 is 25.9. The van der Waals surface area contributed by atoms with Crippen molar-refractivity contribution in [2.24, 2.45) is 11.8 Å². The Morgan fingerprint density at radius 3 is 2.47 bits per heavy atom. The number of nitrogens with one attached hydrogen (secondary N) is 1. The molecule has 1 rings (SSSR count). The monoisotopic (exact) mass is 220 g/mol. The Morgan fingerprint density at radius 1 is 1.40 bits per heavy atom. The highest BCUT2D eigenvalue weighted by molar-refractivity contribution is 4.83. The number of nitrogens with zero attached hydrogens (tertiary/aromatic N) is 1. The molecule has 1 atom stereocenters. The SMILES string of the molecule is CNCC(CN1CCC(F)(F)C1)C(C)C. The van der Waals surface area contributed by atoms with Gasteiger partial charge in [-0.2, -0.15) is 0 Å². The number of alkyl halides is 2. The van der Waals surface area contributed by atoms with Crippen LogP contribution in [0.4, 0.5) is 8.78 Å². The predicted octanol–water partition coefficient (Wildman–Crippen LogP) is 1.82. The van der Waals surface area contributed by atoms with Crippen molar-refractivity contribution in [3.63, 3.8) is 0 Å². The van der Waals surface area contributed by atoms with E-state index in [2.05, 4.69) is 19.2 Å². The van der Waals surface area contributed by atoms with Gasteiger partial charge in [-0.1, -0.05) is 13.8 Å². The van der Waals surface area contributed by atoms with E-state index in [1.165, 1.54) is 0 Å². The first kappa shape index (κ1) is 12.8. The van der Waals surface area contributed by atoms with Crippen LogP contribution in [0, 0.1) is 11.8 Å². The quantitative estimate of drug-likeness (QED) is 0.760. The van der Waals surface area contributed by atoms with E-state index in [1.807, 2.05) is 11.9 Å². The number of hydrogen-bond donors (Lipinski definition) is 1. The second-order valence-corrected chi connectivity index (χ2v) is 4.90. The first-order chi connectivity index (χ1) is 6.94. The maximum Gasteiger partial charge on any atom is 0.261 e. The van der Waals surface area contributed by atoms with Crippen LogP contribution in [0.1, 0.15) is 20.3 Å². The molecule has 0 spiro atoms. The van der Waals surface area contributed by atoms with Crippen molar-refractivity contribution in [3.05, 3.63) is 0 Å². The zero-order valence-corrected chi connectivity index (χ0v) is 9.89. The van der Waals surface area contributed by atoms with Crippen molar-refractivity contribution in [1.29, 1.82) is 0 Å². The molecule has 0 saturated carbocycles. The minimum Gasteiger partial charge on any atom is -0.319 e. The Hall–Kier alpha value is -0.220. The highest BCUT2D eigenvalue weighted by Crippen LogP contribution is 2.28. The van der Waals surface area contributed by atoms with Gasteiger partial charge in [-0.25, -0.2) is 8.78 Å². The summed E-state index contributed by atoms with van der Waals surface area (Å²) in [4.78, 5) is 1.89. The lowest BCUT2D eigenvalue weighted by Crippen LogP contribution is -2.36. The van der Waals surface area contributed by atoms with Crippen LogP contribution >= 0.6 is 0 Å². The van der Waals surface area contributed by atoms with Gasteiger partial charge in [0, 0.05) is 19.5 Å². The number of likely N-dealkylation sites (tertiary alicyclic amines) is 1. The van der Waals surface area contributed by atoms with Gasteiger partial charge in [-0.15, -0.1) is 0 Å². The maximum absolute atomic E-state index is 13.0. The first-order valence-electron chi connectivity index (χ1n) is 5.69. The van der Waals surface area contributed by atoms with Crippen molar-refractivity contribution in [3.8, 4) is 0 Å². The minimum atomic E-state index is -2.46. The third-order valence-electron chi connectivity index (χ3n) is 3.15. The average molecular weight is 220 g/mol.